The van der Waals surface area contributed by atoms with Crippen molar-refractivity contribution >= 4 is 23.6 Å². The molecule has 2 aromatic rings. The van der Waals surface area contributed by atoms with Crippen LogP contribution >= 0.6 is 11.6 Å². The lowest BCUT2D eigenvalue weighted by Gasteiger charge is -2.25. The van der Waals surface area contributed by atoms with Crippen LogP contribution in [0.3, 0.4) is 0 Å². The molecule has 1 amide bonds. The Kier molecular flexibility index (Phi) is 5.84. The van der Waals surface area contributed by atoms with Gasteiger partial charge in [0.1, 0.15) is 12.4 Å². The van der Waals surface area contributed by atoms with Gasteiger partial charge in [0.25, 0.3) is 5.91 Å². The van der Waals surface area contributed by atoms with E-state index < -0.39 is 0 Å². The summed E-state index contributed by atoms with van der Waals surface area (Å²) >= 11 is 6.07. The van der Waals surface area contributed by atoms with E-state index in [0.29, 0.717) is 29.3 Å². The van der Waals surface area contributed by atoms with Crippen LogP contribution in [0.1, 0.15) is 23.1 Å². The predicted molar refractivity (Wildman–Crippen MR) is 113 cm³/mol. The summed E-state index contributed by atoms with van der Waals surface area (Å²) in [6.45, 7) is 4.31. The average Bonchev–Trinajstić information content (AvgIpc) is 2.99. The molecule has 4 rings (SSSR count). The zero-order chi connectivity index (χ0) is 20.2. The molecule has 2 aliphatic rings. The number of fused-ring (bicyclic) bond motifs is 1. The van der Waals surface area contributed by atoms with E-state index in [0.717, 1.165) is 43.9 Å². The molecule has 0 saturated carbocycles. The highest BCUT2D eigenvalue weighted by Gasteiger charge is 2.24. The molecule has 2 aliphatic heterocycles. The van der Waals surface area contributed by atoms with E-state index >= 15 is 0 Å². The number of carbonyl (C=O) groups excluding carboxylic acids is 1. The molecular formula is C23H22ClN3O2. The Morgan fingerprint density at radius 1 is 1.10 bits per heavy atom. The maximum absolute atomic E-state index is 13.0. The molecule has 2 heterocycles. The van der Waals surface area contributed by atoms with Crippen LogP contribution in [0.5, 0.6) is 5.75 Å². The molecule has 1 saturated heterocycles. The third-order valence-electron chi connectivity index (χ3n) is 5.32. The average molecular weight is 408 g/mol. The summed E-state index contributed by atoms with van der Waals surface area (Å²) in [6.07, 6.45) is 2.82. The first-order valence-corrected chi connectivity index (χ1v) is 10.1. The van der Waals surface area contributed by atoms with Crippen molar-refractivity contribution in [1.82, 2.24) is 9.80 Å². The van der Waals surface area contributed by atoms with Gasteiger partial charge in [-0.05, 0) is 48.4 Å². The molecule has 0 bridgehead atoms. The van der Waals surface area contributed by atoms with Crippen LogP contribution < -0.4 is 4.74 Å². The first-order chi connectivity index (χ1) is 14.1. The van der Waals surface area contributed by atoms with E-state index in [9.17, 15) is 4.79 Å². The minimum atomic E-state index is 0.0378. The Labute approximate surface area is 175 Å². The normalized spacial score (nSPS) is 16.8. The lowest BCUT2D eigenvalue weighted by atomic mass is 10.1. The summed E-state index contributed by atoms with van der Waals surface area (Å²) in [7, 11) is 0. The van der Waals surface area contributed by atoms with Crippen LogP contribution in [0, 0.1) is 11.3 Å². The monoisotopic (exact) mass is 407 g/mol. The number of amides is 1. The fourth-order valence-electron chi connectivity index (χ4n) is 3.75. The van der Waals surface area contributed by atoms with Crippen molar-refractivity contribution in [2.45, 2.75) is 13.0 Å². The summed E-state index contributed by atoms with van der Waals surface area (Å²) < 4.78 is 5.75. The summed E-state index contributed by atoms with van der Waals surface area (Å²) in [5, 5.41) is 9.56. The molecule has 0 aromatic heterocycles. The Morgan fingerprint density at radius 3 is 2.72 bits per heavy atom. The number of nitriles is 1. The maximum Gasteiger partial charge on any atom is 0.253 e. The fraction of sp³-hybridized carbons (Fsp3) is 0.304. The van der Waals surface area contributed by atoms with Crippen LogP contribution in [0.4, 0.5) is 0 Å². The van der Waals surface area contributed by atoms with Gasteiger partial charge in [-0.25, -0.2) is 0 Å². The zero-order valence-corrected chi connectivity index (χ0v) is 16.9. The van der Waals surface area contributed by atoms with Gasteiger partial charge in [0, 0.05) is 43.3 Å². The van der Waals surface area contributed by atoms with Gasteiger partial charge in [-0.2, -0.15) is 5.26 Å². The number of nitrogens with zero attached hydrogens (tertiary/aromatic N) is 3. The van der Waals surface area contributed by atoms with Crippen LogP contribution in [0.25, 0.3) is 6.08 Å². The molecule has 0 atom stereocenters. The van der Waals surface area contributed by atoms with Gasteiger partial charge in [0.15, 0.2) is 0 Å². The fourth-order valence-corrected chi connectivity index (χ4v) is 3.93. The topological polar surface area (TPSA) is 56.6 Å². The smallest absolute Gasteiger partial charge is 0.253 e. The van der Waals surface area contributed by atoms with Crippen molar-refractivity contribution < 1.29 is 9.53 Å². The van der Waals surface area contributed by atoms with Crippen LogP contribution in [0.2, 0.25) is 5.02 Å². The largest absolute Gasteiger partial charge is 0.488 e. The van der Waals surface area contributed by atoms with Crippen molar-refractivity contribution in [3.8, 4) is 11.8 Å². The number of halogens is 1. The van der Waals surface area contributed by atoms with E-state index in [2.05, 4.69) is 11.0 Å². The van der Waals surface area contributed by atoms with E-state index in [1.807, 2.05) is 47.4 Å². The summed E-state index contributed by atoms with van der Waals surface area (Å²) in [5.74, 6) is 0.797. The molecule has 1 fully saturated rings. The van der Waals surface area contributed by atoms with E-state index in [4.69, 9.17) is 21.6 Å². The van der Waals surface area contributed by atoms with Gasteiger partial charge in [0.05, 0.1) is 17.2 Å². The summed E-state index contributed by atoms with van der Waals surface area (Å²) in [6, 6.07) is 15.3. The number of carbonyl (C=O) groups is 1. The van der Waals surface area contributed by atoms with Gasteiger partial charge in [-0.3, -0.25) is 9.69 Å². The van der Waals surface area contributed by atoms with Gasteiger partial charge in [0.2, 0.25) is 0 Å². The van der Waals surface area contributed by atoms with Crippen molar-refractivity contribution in [2.75, 3.05) is 32.8 Å². The van der Waals surface area contributed by atoms with E-state index in [-0.39, 0.29) is 5.91 Å². The first kappa shape index (κ1) is 19.5. The summed E-state index contributed by atoms with van der Waals surface area (Å²) in [4.78, 5) is 17.3. The zero-order valence-electron chi connectivity index (χ0n) is 16.1. The number of hydrogen-bond donors (Lipinski definition) is 0. The van der Waals surface area contributed by atoms with Gasteiger partial charge < -0.3 is 9.64 Å². The maximum atomic E-state index is 13.0. The lowest BCUT2D eigenvalue weighted by Crippen LogP contribution is -2.37. The SMILES string of the molecule is N#Cc1ccc(CN2CCCN(C(=O)C3=Cc4cc(Cl)ccc4OC3)CC2)cc1. The Balaban J connectivity index is 1.39. The predicted octanol–water partition coefficient (Wildman–Crippen LogP) is 3.72. The van der Waals surface area contributed by atoms with Gasteiger partial charge in [-0.1, -0.05) is 23.7 Å². The highest BCUT2D eigenvalue weighted by Crippen LogP contribution is 2.29. The quantitative estimate of drug-likeness (QED) is 0.778. The molecular weight excluding hydrogens is 386 g/mol. The second-order valence-corrected chi connectivity index (χ2v) is 7.81. The standard InChI is InChI=1S/C23H22ClN3O2/c24-21-6-7-22-19(13-21)12-20(16-29-22)23(28)27-9-1-8-26(10-11-27)15-18-4-2-17(14-25)3-5-18/h2-7,12-13H,1,8-11,15-16H2. The third kappa shape index (κ3) is 4.61. The minimum absolute atomic E-state index is 0.0378. The second-order valence-electron chi connectivity index (χ2n) is 7.37. The Bertz CT molecular complexity index is 979. The van der Waals surface area contributed by atoms with Crippen LogP contribution in [0.15, 0.2) is 48.0 Å². The van der Waals surface area contributed by atoms with Crippen molar-refractivity contribution in [3.63, 3.8) is 0 Å². The highest BCUT2D eigenvalue weighted by atomic mass is 35.5. The number of ether oxygens (including phenoxy) is 1. The Morgan fingerprint density at radius 2 is 1.93 bits per heavy atom. The molecule has 6 heteroatoms. The third-order valence-corrected chi connectivity index (χ3v) is 5.56. The summed E-state index contributed by atoms with van der Waals surface area (Å²) in [5.41, 5.74) is 3.37. The molecule has 0 radical (unpaired) electrons. The van der Waals surface area contributed by atoms with Crippen molar-refractivity contribution in [3.05, 3.63) is 69.8 Å². The number of hydrogen-bond acceptors (Lipinski definition) is 4. The van der Waals surface area contributed by atoms with E-state index in [1.165, 1.54) is 5.56 Å². The molecule has 5 nitrogen and oxygen atoms in total. The molecule has 0 unspecified atom stereocenters. The lowest BCUT2D eigenvalue weighted by molar-refractivity contribution is -0.127. The molecule has 148 valence electrons. The molecule has 2 aromatic carbocycles. The second kappa shape index (κ2) is 8.69. The minimum Gasteiger partial charge on any atom is -0.488 e. The highest BCUT2D eigenvalue weighted by molar-refractivity contribution is 6.30. The molecule has 0 N–H and O–H groups in total. The van der Waals surface area contributed by atoms with Crippen molar-refractivity contribution in [1.29, 1.82) is 5.26 Å². The Hall–Kier alpha value is -2.81. The van der Waals surface area contributed by atoms with Gasteiger partial charge in [-0.15, -0.1) is 0 Å². The van der Waals surface area contributed by atoms with E-state index in [1.54, 1.807) is 6.07 Å². The first-order valence-electron chi connectivity index (χ1n) is 9.76. The molecule has 0 spiro atoms. The molecule has 29 heavy (non-hydrogen) atoms. The number of benzene rings is 2. The van der Waals surface area contributed by atoms with Crippen molar-refractivity contribution in [2.24, 2.45) is 0 Å². The van der Waals surface area contributed by atoms with Crippen LogP contribution in [-0.4, -0.2) is 48.5 Å². The number of rotatable bonds is 3. The molecule has 0 aliphatic carbocycles. The van der Waals surface area contributed by atoms with Gasteiger partial charge >= 0.3 is 0 Å². The van der Waals surface area contributed by atoms with Crippen LogP contribution in [-0.2, 0) is 11.3 Å².